The molecule has 6 heteroatoms. The van der Waals surface area contributed by atoms with Crippen LogP contribution in [0.25, 0.3) is 16.2 Å². The highest BCUT2D eigenvalue weighted by Crippen LogP contribution is 2.24. The van der Waals surface area contributed by atoms with Gasteiger partial charge in [-0.05, 0) is 12.1 Å². The number of ether oxygens (including phenoxy) is 1. The molecular weight excluding hydrogens is 314 g/mol. The Kier molecular flexibility index (Phi) is 3.15. The van der Waals surface area contributed by atoms with Gasteiger partial charge in [-0.1, -0.05) is 39.4 Å². The highest BCUT2D eigenvalue weighted by Gasteiger charge is 2.09. The summed E-state index contributed by atoms with van der Waals surface area (Å²) in [4.78, 5) is 5.46. The highest BCUT2D eigenvalue weighted by molar-refractivity contribution is 9.10. The molecule has 0 unspecified atom stereocenters. The van der Waals surface area contributed by atoms with Crippen LogP contribution in [0.15, 0.2) is 34.9 Å². The molecule has 3 rings (SSSR count). The topological polar surface area (TPSA) is 39.4 Å². The molecule has 0 aliphatic carbocycles. The molecule has 18 heavy (non-hydrogen) atoms. The van der Waals surface area contributed by atoms with Crippen LogP contribution in [0, 0.1) is 0 Å². The van der Waals surface area contributed by atoms with Crippen molar-refractivity contribution < 1.29 is 4.74 Å². The zero-order valence-corrected chi connectivity index (χ0v) is 12.0. The van der Waals surface area contributed by atoms with E-state index in [1.165, 1.54) is 0 Å². The first-order chi connectivity index (χ1) is 8.76. The second-order valence-corrected chi connectivity index (χ2v) is 5.75. The minimum Gasteiger partial charge on any atom is -0.377 e. The van der Waals surface area contributed by atoms with Crippen LogP contribution in [0.5, 0.6) is 0 Å². The summed E-state index contributed by atoms with van der Waals surface area (Å²) in [6.07, 6.45) is 1.94. The second kappa shape index (κ2) is 4.79. The van der Waals surface area contributed by atoms with E-state index in [9.17, 15) is 0 Å². The first kappa shape index (κ1) is 11.8. The molecule has 0 aliphatic heterocycles. The Hall–Kier alpha value is -1.24. The number of hydrogen-bond acceptors (Lipinski definition) is 4. The maximum absolute atomic E-state index is 5.06. The first-order valence-electron chi connectivity index (χ1n) is 5.36. The van der Waals surface area contributed by atoms with Gasteiger partial charge in [0.2, 0.25) is 4.96 Å². The van der Waals surface area contributed by atoms with Gasteiger partial charge in [0.1, 0.15) is 5.01 Å². The minimum absolute atomic E-state index is 0.528. The van der Waals surface area contributed by atoms with Crippen LogP contribution in [0.4, 0.5) is 0 Å². The number of rotatable bonds is 3. The number of aromatic nitrogens is 3. The molecule has 4 nitrogen and oxygen atoms in total. The summed E-state index contributed by atoms with van der Waals surface area (Å²) < 4.78 is 7.90. The maximum Gasteiger partial charge on any atom is 0.212 e. The van der Waals surface area contributed by atoms with E-state index in [0.29, 0.717) is 6.61 Å². The van der Waals surface area contributed by atoms with Crippen LogP contribution in [0.2, 0.25) is 0 Å². The monoisotopic (exact) mass is 323 g/mol. The summed E-state index contributed by atoms with van der Waals surface area (Å²) in [6.45, 7) is 0.528. The standard InChI is InChI=1S/C12H10BrN3OS/c1-17-7-11-15-16-6-10(14-12(16)18-11)8-3-2-4-9(13)5-8/h2-6H,7H2,1H3. The van der Waals surface area contributed by atoms with Gasteiger partial charge in [0.15, 0.2) is 0 Å². The van der Waals surface area contributed by atoms with Gasteiger partial charge in [-0.25, -0.2) is 9.50 Å². The van der Waals surface area contributed by atoms with Gasteiger partial charge >= 0.3 is 0 Å². The predicted octanol–water partition coefficient (Wildman–Crippen LogP) is 3.37. The Morgan fingerprint density at radius 3 is 3.06 bits per heavy atom. The summed E-state index contributed by atoms with van der Waals surface area (Å²) in [5.74, 6) is 0. The second-order valence-electron chi connectivity index (χ2n) is 3.79. The molecule has 3 aromatic rings. The Labute approximate surface area is 116 Å². The number of nitrogens with zero attached hydrogens (tertiary/aromatic N) is 3. The summed E-state index contributed by atoms with van der Waals surface area (Å²) in [6, 6.07) is 8.07. The zero-order valence-electron chi connectivity index (χ0n) is 9.63. The number of benzene rings is 1. The average molecular weight is 324 g/mol. The molecule has 0 aliphatic rings. The lowest BCUT2D eigenvalue weighted by Gasteiger charge is -1.96. The molecule has 0 radical (unpaired) electrons. The van der Waals surface area contributed by atoms with Crippen molar-refractivity contribution in [1.82, 2.24) is 14.6 Å². The first-order valence-corrected chi connectivity index (χ1v) is 6.97. The fraction of sp³-hybridized carbons (Fsp3) is 0.167. The number of halogens is 1. The number of hydrogen-bond donors (Lipinski definition) is 0. The van der Waals surface area contributed by atoms with Crippen LogP contribution in [0.3, 0.4) is 0 Å². The number of methoxy groups -OCH3 is 1. The van der Waals surface area contributed by atoms with Gasteiger partial charge in [-0.2, -0.15) is 5.10 Å². The molecule has 0 saturated carbocycles. The minimum atomic E-state index is 0.528. The van der Waals surface area contributed by atoms with Gasteiger partial charge in [0.25, 0.3) is 0 Å². The van der Waals surface area contributed by atoms with E-state index in [1.807, 2.05) is 30.5 Å². The quantitative estimate of drug-likeness (QED) is 0.741. The Bertz CT molecular complexity index is 660. The third-order valence-electron chi connectivity index (χ3n) is 2.47. The van der Waals surface area contributed by atoms with Gasteiger partial charge in [0, 0.05) is 17.1 Å². The predicted molar refractivity (Wildman–Crippen MR) is 74.7 cm³/mol. The third kappa shape index (κ3) is 2.19. The summed E-state index contributed by atoms with van der Waals surface area (Å²) in [5, 5.41) is 5.34. The van der Waals surface area contributed by atoms with Crippen LogP contribution in [-0.4, -0.2) is 21.7 Å². The fourth-order valence-corrected chi connectivity index (χ4v) is 2.96. The lowest BCUT2D eigenvalue weighted by Crippen LogP contribution is -1.88. The SMILES string of the molecule is COCc1nn2cc(-c3cccc(Br)c3)nc2s1. The van der Waals surface area contributed by atoms with Crippen molar-refractivity contribution in [2.45, 2.75) is 6.61 Å². The molecule has 0 bridgehead atoms. The van der Waals surface area contributed by atoms with E-state index in [4.69, 9.17) is 4.74 Å². The fourth-order valence-electron chi connectivity index (χ4n) is 1.71. The molecule has 0 spiro atoms. The van der Waals surface area contributed by atoms with Crippen molar-refractivity contribution in [3.63, 3.8) is 0 Å². The van der Waals surface area contributed by atoms with Gasteiger partial charge < -0.3 is 4.74 Å². The molecule has 0 N–H and O–H groups in total. The Morgan fingerprint density at radius 1 is 1.44 bits per heavy atom. The van der Waals surface area contributed by atoms with E-state index >= 15 is 0 Å². The number of imidazole rings is 1. The van der Waals surface area contributed by atoms with E-state index in [-0.39, 0.29) is 0 Å². The van der Waals surface area contributed by atoms with Crippen molar-refractivity contribution in [1.29, 1.82) is 0 Å². The zero-order chi connectivity index (χ0) is 12.5. The van der Waals surface area contributed by atoms with E-state index in [1.54, 1.807) is 23.0 Å². The normalized spacial score (nSPS) is 11.2. The summed E-state index contributed by atoms with van der Waals surface area (Å²) >= 11 is 5.01. The molecule has 2 aromatic heterocycles. The van der Waals surface area contributed by atoms with Crippen LogP contribution in [0.1, 0.15) is 5.01 Å². The molecule has 0 saturated heterocycles. The van der Waals surface area contributed by atoms with Crippen LogP contribution >= 0.6 is 27.3 Å². The lowest BCUT2D eigenvalue weighted by molar-refractivity contribution is 0.183. The smallest absolute Gasteiger partial charge is 0.212 e. The average Bonchev–Trinajstić information content (AvgIpc) is 2.87. The van der Waals surface area contributed by atoms with Gasteiger partial charge in [0.05, 0.1) is 18.5 Å². The molecule has 1 aromatic carbocycles. The summed E-state index contributed by atoms with van der Waals surface area (Å²) in [5.41, 5.74) is 2.01. The van der Waals surface area contributed by atoms with Gasteiger partial charge in [-0.15, -0.1) is 0 Å². The maximum atomic E-state index is 5.06. The van der Waals surface area contributed by atoms with Crippen molar-refractivity contribution >= 4 is 32.2 Å². The Morgan fingerprint density at radius 2 is 2.33 bits per heavy atom. The van der Waals surface area contributed by atoms with Crippen molar-refractivity contribution in [3.05, 3.63) is 39.9 Å². The van der Waals surface area contributed by atoms with E-state index in [0.717, 1.165) is 25.7 Å². The van der Waals surface area contributed by atoms with Crippen LogP contribution < -0.4 is 0 Å². The van der Waals surface area contributed by atoms with Gasteiger partial charge in [-0.3, -0.25) is 0 Å². The third-order valence-corrected chi connectivity index (χ3v) is 3.86. The largest absolute Gasteiger partial charge is 0.377 e. The van der Waals surface area contributed by atoms with E-state index < -0.39 is 0 Å². The van der Waals surface area contributed by atoms with Crippen molar-refractivity contribution in [2.24, 2.45) is 0 Å². The molecule has 0 amide bonds. The number of fused-ring (bicyclic) bond motifs is 1. The van der Waals surface area contributed by atoms with E-state index in [2.05, 4.69) is 26.0 Å². The van der Waals surface area contributed by atoms with Crippen molar-refractivity contribution in [3.8, 4) is 11.3 Å². The van der Waals surface area contributed by atoms with Crippen LogP contribution in [-0.2, 0) is 11.3 Å². The molecule has 2 heterocycles. The molecular formula is C12H10BrN3OS. The lowest BCUT2D eigenvalue weighted by atomic mass is 10.2. The highest BCUT2D eigenvalue weighted by atomic mass is 79.9. The molecule has 92 valence electrons. The molecule has 0 fully saturated rings. The Balaban J connectivity index is 2.01. The summed E-state index contributed by atoms with van der Waals surface area (Å²) in [7, 11) is 1.66. The molecule has 0 atom stereocenters. The van der Waals surface area contributed by atoms with Crippen molar-refractivity contribution in [2.75, 3.05) is 7.11 Å².